The van der Waals surface area contributed by atoms with E-state index in [0.29, 0.717) is 43.7 Å². The summed E-state index contributed by atoms with van der Waals surface area (Å²) in [6.45, 7) is -4.04. The Morgan fingerprint density at radius 1 is 1.18 bits per heavy atom. The number of hydrogen-bond acceptors (Lipinski definition) is 8. The first kappa shape index (κ1) is 21.2. The lowest BCUT2D eigenvalue weighted by atomic mass is 10.1. The van der Waals surface area contributed by atoms with Crippen molar-refractivity contribution in [3.63, 3.8) is 0 Å². The number of benzene rings is 2. The molecule has 0 saturated carbocycles. The summed E-state index contributed by atoms with van der Waals surface area (Å²) in [4.78, 5) is 21.8. The fourth-order valence-electron chi connectivity index (χ4n) is 3.73. The van der Waals surface area contributed by atoms with Crippen molar-refractivity contribution >= 4 is 45.5 Å². The lowest BCUT2D eigenvalue weighted by Gasteiger charge is -2.16. The summed E-state index contributed by atoms with van der Waals surface area (Å²) in [5, 5.41) is 16.6. The molecule has 1 amide bonds. The Balaban J connectivity index is 1.61. The number of fused-ring (bicyclic) bond motifs is 1. The Kier molecular flexibility index (Phi) is 7.12. The number of nitriles is 1. The number of aromatic nitrogens is 2. The number of likely N-dealkylation sites (N-methyl/N-ethyl adjacent to an activating group) is 1. The highest BCUT2D eigenvalue weighted by atomic mass is 35.5. The maximum absolute atomic E-state index is 12.8. The number of nitrogens with zero attached hydrogens (tertiary/aromatic N) is 4. The van der Waals surface area contributed by atoms with E-state index in [0.717, 1.165) is 17.8 Å². The Hall–Kier alpha value is -4.65. The summed E-state index contributed by atoms with van der Waals surface area (Å²) >= 11 is 6.50. The number of carbonyl (C=O) groups is 1. The summed E-state index contributed by atoms with van der Waals surface area (Å²) < 4.78 is 56.3. The molecule has 0 bridgehead atoms. The van der Waals surface area contributed by atoms with E-state index in [2.05, 4.69) is 26.7 Å². The third kappa shape index (κ3) is 7.26. The molecule has 0 aliphatic heterocycles. The van der Waals surface area contributed by atoms with E-state index < -0.39 is 26.4 Å². The third-order valence-corrected chi connectivity index (χ3v) is 5.80. The second-order valence-electron chi connectivity index (χ2n) is 8.34. The Labute approximate surface area is 246 Å². The number of halogens is 1. The van der Waals surface area contributed by atoms with Gasteiger partial charge in [-0.1, -0.05) is 23.7 Å². The molecule has 0 fully saturated rings. The van der Waals surface area contributed by atoms with E-state index in [9.17, 15) is 10.1 Å². The number of hydrogen-bond donors (Lipinski definition) is 2. The molecule has 4 rings (SSSR count). The van der Waals surface area contributed by atoms with Gasteiger partial charge < -0.3 is 25.0 Å². The van der Waals surface area contributed by atoms with Crippen LogP contribution in [-0.2, 0) is 11.4 Å². The lowest BCUT2D eigenvalue weighted by molar-refractivity contribution is -0.111. The van der Waals surface area contributed by atoms with Crippen molar-refractivity contribution in [3.05, 3.63) is 89.4 Å². The van der Waals surface area contributed by atoms with Gasteiger partial charge in [0.15, 0.2) is 0 Å². The van der Waals surface area contributed by atoms with Crippen molar-refractivity contribution in [2.75, 3.05) is 37.7 Å². The van der Waals surface area contributed by atoms with Gasteiger partial charge in [0.25, 0.3) is 0 Å². The van der Waals surface area contributed by atoms with Crippen LogP contribution in [0.25, 0.3) is 10.9 Å². The number of rotatable bonds is 11. The average molecular weight is 563 g/mol. The Morgan fingerprint density at radius 2 is 2.05 bits per heavy atom. The lowest BCUT2D eigenvalue weighted by Crippen LogP contribution is -2.13. The second-order valence-corrected chi connectivity index (χ2v) is 8.75. The first-order chi connectivity index (χ1) is 21.8. The van der Waals surface area contributed by atoms with Crippen LogP contribution in [0.1, 0.15) is 26.4 Å². The first-order valence-corrected chi connectivity index (χ1v) is 12.5. The normalized spacial score (nSPS) is 13.8. The molecule has 2 heterocycles. The van der Waals surface area contributed by atoms with Crippen molar-refractivity contribution in [1.82, 2.24) is 14.9 Å². The zero-order valence-electron chi connectivity index (χ0n) is 27.4. The number of anilines is 3. The van der Waals surface area contributed by atoms with Crippen LogP contribution < -0.4 is 20.1 Å². The maximum Gasteiger partial charge on any atom is 0.248 e. The van der Waals surface area contributed by atoms with Gasteiger partial charge in [0.1, 0.15) is 24.2 Å². The van der Waals surface area contributed by atoms with Crippen LogP contribution in [0, 0.1) is 11.3 Å². The summed E-state index contributed by atoms with van der Waals surface area (Å²) in [5.74, 6) is 0.0745. The first-order valence-electron chi connectivity index (χ1n) is 15.1. The SMILES string of the molecule is [2H]C([2H])([2H])N(C/C=C/C(=O)Nc1cc2c(Nc3ccc(OCc4ccccn4)c(Cl)c3)c(C#N)cnc2cc1OCC)C([2H])([2H])[2H]. The Bertz CT molecular complexity index is 1760. The minimum Gasteiger partial charge on any atom is -0.492 e. The highest BCUT2D eigenvalue weighted by Crippen LogP contribution is 2.37. The molecule has 2 N–H and O–H groups in total. The van der Waals surface area contributed by atoms with Crippen LogP contribution in [-0.4, -0.2) is 47.9 Å². The molecule has 2 aromatic heterocycles. The van der Waals surface area contributed by atoms with E-state index in [1.165, 1.54) is 6.20 Å². The number of nitrogens with one attached hydrogen (secondary N) is 2. The third-order valence-electron chi connectivity index (χ3n) is 5.51. The summed E-state index contributed by atoms with van der Waals surface area (Å²) in [6.07, 6.45) is 5.26. The summed E-state index contributed by atoms with van der Waals surface area (Å²) in [7, 11) is 0. The predicted octanol–water partition coefficient (Wildman–Crippen LogP) is 5.93. The number of pyridine rings is 2. The molecule has 0 aliphatic carbocycles. The van der Waals surface area contributed by atoms with Crippen LogP contribution in [0.5, 0.6) is 11.5 Å². The maximum atomic E-state index is 12.8. The summed E-state index contributed by atoms with van der Waals surface area (Å²) in [5.41, 5.74) is 2.60. The van der Waals surface area contributed by atoms with E-state index in [1.54, 1.807) is 43.5 Å². The molecule has 40 heavy (non-hydrogen) atoms. The van der Waals surface area contributed by atoms with E-state index in [1.807, 2.05) is 18.2 Å². The molecule has 0 spiro atoms. The van der Waals surface area contributed by atoms with Gasteiger partial charge in [-0.15, -0.1) is 0 Å². The highest BCUT2D eigenvalue weighted by molar-refractivity contribution is 6.32. The minimum absolute atomic E-state index is 0.217. The van der Waals surface area contributed by atoms with Crippen molar-refractivity contribution in [1.29, 1.82) is 5.26 Å². The van der Waals surface area contributed by atoms with Crippen molar-refractivity contribution in [2.24, 2.45) is 0 Å². The topological polar surface area (TPSA) is 112 Å². The van der Waals surface area contributed by atoms with Crippen molar-refractivity contribution in [2.45, 2.75) is 13.5 Å². The van der Waals surface area contributed by atoms with Crippen molar-refractivity contribution in [3.8, 4) is 17.6 Å². The molecule has 0 atom stereocenters. The predicted molar refractivity (Wildman–Crippen MR) is 157 cm³/mol. The Morgan fingerprint density at radius 3 is 2.77 bits per heavy atom. The van der Waals surface area contributed by atoms with Crippen LogP contribution in [0.2, 0.25) is 5.02 Å². The molecule has 0 saturated heterocycles. The van der Waals surface area contributed by atoms with Crippen molar-refractivity contribution < 1.29 is 22.5 Å². The molecule has 0 aliphatic rings. The monoisotopic (exact) mass is 562 g/mol. The van der Waals surface area contributed by atoms with Crippen LogP contribution in [0.4, 0.5) is 17.1 Å². The second kappa shape index (κ2) is 13.4. The van der Waals surface area contributed by atoms with Gasteiger partial charge in [-0.05, 0) is 57.3 Å². The largest absolute Gasteiger partial charge is 0.492 e. The van der Waals surface area contributed by atoms with E-state index in [-0.39, 0.29) is 24.5 Å². The van der Waals surface area contributed by atoms with Gasteiger partial charge in [-0.25, -0.2) is 0 Å². The number of ether oxygens (including phenoxy) is 2. The summed E-state index contributed by atoms with van der Waals surface area (Å²) in [6, 6.07) is 15.9. The molecule has 2 aromatic carbocycles. The fourth-order valence-corrected chi connectivity index (χ4v) is 3.96. The van der Waals surface area contributed by atoms with Gasteiger partial charge in [-0.3, -0.25) is 14.8 Å². The molecular weight excluding hydrogens is 528 g/mol. The van der Waals surface area contributed by atoms with Gasteiger partial charge >= 0.3 is 0 Å². The minimum atomic E-state index is -2.89. The smallest absolute Gasteiger partial charge is 0.248 e. The molecule has 10 heteroatoms. The molecular formula is C30H29ClN6O3. The van der Waals surface area contributed by atoms with Crippen LogP contribution >= 0.6 is 11.6 Å². The van der Waals surface area contributed by atoms with Gasteiger partial charge in [0.2, 0.25) is 5.91 Å². The zero-order valence-corrected chi connectivity index (χ0v) is 22.2. The van der Waals surface area contributed by atoms with E-state index >= 15 is 0 Å². The fraction of sp³-hybridized carbons (Fsp3) is 0.200. The zero-order chi connectivity index (χ0) is 33.5. The van der Waals surface area contributed by atoms with Gasteiger partial charge in [0.05, 0.1) is 39.8 Å². The van der Waals surface area contributed by atoms with Crippen LogP contribution in [0.3, 0.4) is 0 Å². The van der Waals surface area contributed by atoms with Gasteiger partial charge in [0, 0.05) is 50.4 Å². The van der Waals surface area contributed by atoms with Gasteiger partial charge in [-0.2, -0.15) is 5.26 Å². The molecule has 0 radical (unpaired) electrons. The molecule has 4 aromatic rings. The standard InChI is InChI=1S/C30H29ClN6O3/c1-4-39-28-16-25-23(15-26(28)36-29(38)9-7-13-37(2)3)30(20(17-32)18-34-25)35-21-10-11-27(24(31)14-21)40-19-22-8-5-6-12-33-22/h5-12,14-16,18H,4,13,19H2,1-3H3,(H,34,35)(H,36,38)/b9-7+/i2D3,3D3. The number of amides is 1. The number of carbonyl (C=O) groups excluding carboxylic acids is 1. The quantitative estimate of drug-likeness (QED) is 0.216. The molecule has 9 nitrogen and oxygen atoms in total. The van der Waals surface area contributed by atoms with E-state index in [4.69, 9.17) is 29.3 Å². The van der Waals surface area contributed by atoms with Crippen LogP contribution in [0.15, 0.2) is 73.1 Å². The average Bonchev–Trinajstić information content (AvgIpc) is 2.99. The molecule has 204 valence electrons. The molecule has 0 unspecified atom stereocenters. The highest BCUT2D eigenvalue weighted by Gasteiger charge is 2.16.